The lowest BCUT2D eigenvalue weighted by Gasteiger charge is -2.43. The summed E-state index contributed by atoms with van der Waals surface area (Å²) in [6, 6.07) is 13.3. The average molecular weight is 639 g/mol. The standard InChI is InChI=1S/C34H35FO5S3/c1-6-34(5)15-14-24(18-27(34)21(2)3)22(4)20-40-33(37)31-26(8-7-9-28(31)35)32(36)39-17-16-38-25-12-10-23(11-13-25)29-19-30(41)43-42-29/h6-13,19,24,27H,1-2,4,14-18,20H2,3,5H3/t24-,27+,34-/m1/s1. The fourth-order valence-electron chi connectivity index (χ4n) is 5.42. The summed E-state index contributed by atoms with van der Waals surface area (Å²) < 4.78 is 32.1. The highest BCUT2D eigenvalue weighted by Crippen LogP contribution is 2.48. The summed E-state index contributed by atoms with van der Waals surface area (Å²) in [7, 11) is 3.17. The van der Waals surface area contributed by atoms with Crippen molar-refractivity contribution in [3.63, 3.8) is 0 Å². The van der Waals surface area contributed by atoms with E-state index in [0.29, 0.717) is 5.75 Å². The van der Waals surface area contributed by atoms with Crippen LogP contribution in [0.4, 0.5) is 4.39 Å². The molecule has 0 amide bonds. The van der Waals surface area contributed by atoms with E-state index in [-0.39, 0.29) is 42.6 Å². The molecule has 3 aromatic rings. The molecule has 1 aliphatic rings. The fourth-order valence-corrected chi connectivity index (χ4v) is 7.82. The predicted octanol–water partition coefficient (Wildman–Crippen LogP) is 9.48. The second-order valence-electron chi connectivity index (χ2n) is 11.0. The summed E-state index contributed by atoms with van der Waals surface area (Å²) in [5.41, 5.74) is 2.15. The van der Waals surface area contributed by atoms with Gasteiger partial charge < -0.3 is 14.2 Å². The first kappa shape index (κ1) is 32.5. The van der Waals surface area contributed by atoms with Crippen molar-refractivity contribution in [1.82, 2.24) is 0 Å². The van der Waals surface area contributed by atoms with Gasteiger partial charge in [0.15, 0.2) is 0 Å². The van der Waals surface area contributed by atoms with Gasteiger partial charge in [-0.25, -0.2) is 14.0 Å². The molecule has 1 saturated carbocycles. The number of esters is 2. The van der Waals surface area contributed by atoms with Crippen LogP contribution in [0.25, 0.3) is 10.4 Å². The van der Waals surface area contributed by atoms with Crippen molar-refractivity contribution >= 4 is 44.8 Å². The molecule has 0 aliphatic heterocycles. The summed E-state index contributed by atoms with van der Waals surface area (Å²) in [4.78, 5) is 26.9. The number of benzene rings is 2. The van der Waals surface area contributed by atoms with Crippen LogP contribution in [0.2, 0.25) is 0 Å². The number of halogens is 1. The van der Waals surface area contributed by atoms with Gasteiger partial charge in [-0.05, 0) is 97.0 Å². The van der Waals surface area contributed by atoms with Crippen molar-refractivity contribution < 1.29 is 28.2 Å². The zero-order chi connectivity index (χ0) is 31.1. The van der Waals surface area contributed by atoms with Gasteiger partial charge in [-0.1, -0.05) is 70.7 Å². The minimum Gasteiger partial charge on any atom is -0.490 e. The topological polar surface area (TPSA) is 61.8 Å². The first-order valence-electron chi connectivity index (χ1n) is 13.9. The molecule has 4 rings (SSSR count). The van der Waals surface area contributed by atoms with E-state index in [1.165, 1.54) is 12.1 Å². The van der Waals surface area contributed by atoms with E-state index in [1.54, 1.807) is 20.7 Å². The van der Waals surface area contributed by atoms with Gasteiger partial charge in [-0.3, -0.25) is 0 Å². The Morgan fingerprint density at radius 2 is 1.84 bits per heavy atom. The third-order valence-electron chi connectivity index (χ3n) is 8.00. The van der Waals surface area contributed by atoms with Gasteiger partial charge in [0.25, 0.3) is 0 Å². The highest BCUT2D eigenvalue weighted by molar-refractivity contribution is 7.80. The molecule has 0 spiro atoms. The molecule has 0 radical (unpaired) electrons. The molecule has 0 N–H and O–H groups in total. The van der Waals surface area contributed by atoms with Gasteiger partial charge in [0.05, 0.1) is 5.56 Å². The quantitative estimate of drug-likeness (QED) is 0.0648. The molecule has 1 fully saturated rings. The summed E-state index contributed by atoms with van der Waals surface area (Å²) in [6.45, 7) is 16.4. The maximum Gasteiger partial charge on any atom is 0.342 e. The van der Waals surface area contributed by atoms with Crippen LogP contribution in [-0.4, -0.2) is 31.8 Å². The van der Waals surface area contributed by atoms with Crippen LogP contribution in [0.15, 0.2) is 85.5 Å². The highest BCUT2D eigenvalue weighted by Gasteiger charge is 2.39. The molecular weight excluding hydrogens is 604 g/mol. The monoisotopic (exact) mass is 638 g/mol. The molecule has 5 nitrogen and oxygen atoms in total. The van der Waals surface area contributed by atoms with E-state index in [4.69, 9.17) is 26.4 Å². The Hall–Kier alpha value is -3.40. The lowest BCUT2D eigenvalue weighted by Crippen LogP contribution is -2.34. The van der Waals surface area contributed by atoms with Crippen molar-refractivity contribution in [2.45, 2.75) is 33.1 Å². The van der Waals surface area contributed by atoms with E-state index in [2.05, 4.69) is 26.7 Å². The molecule has 1 aromatic heterocycles. The normalized spacial score (nSPS) is 19.7. The van der Waals surface area contributed by atoms with Gasteiger partial charge in [0.2, 0.25) is 0 Å². The SMILES string of the molecule is C=C[C@]1(C)CC[C@@H](C(=C)COC(=O)c2c(F)cccc2C(=O)OCCOc2ccc(-c3cc(=S)ss3)cc2)C[C@H]1C(=C)C. The molecule has 1 heterocycles. The lowest BCUT2D eigenvalue weighted by molar-refractivity contribution is 0.0425. The molecule has 226 valence electrons. The van der Waals surface area contributed by atoms with Gasteiger partial charge >= 0.3 is 11.9 Å². The second kappa shape index (κ2) is 14.4. The summed E-state index contributed by atoms with van der Waals surface area (Å²) in [6.07, 6.45) is 4.60. The Balaban J connectivity index is 1.30. The van der Waals surface area contributed by atoms with Crippen LogP contribution in [-0.2, 0) is 9.47 Å². The largest absolute Gasteiger partial charge is 0.490 e. The van der Waals surface area contributed by atoms with E-state index in [0.717, 1.165) is 50.7 Å². The molecule has 0 saturated heterocycles. The number of hydrogen-bond acceptors (Lipinski definition) is 8. The Morgan fingerprint density at radius 1 is 1.09 bits per heavy atom. The van der Waals surface area contributed by atoms with Crippen molar-refractivity contribution in [1.29, 1.82) is 0 Å². The zero-order valence-corrected chi connectivity index (χ0v) is 26.8. The molecular formula is C34H35FO5S3. The minimum atomic E-state index is -0.944. The maximum absolute atomic E-state index is 14.8. The fraction of sp³-hybridized carbons (Fsp3) is 0.324. The molecule has 0 unspecified atom stereocenters. The minimum absolute atomic E-state index is 0.0436. The number of rotatable bonds is 12. The predicted molar refractivity (Wildman–Crippen MR) is 174 cm³/mol. The van der Waals surface area contributed by atoms with Crippen molar-refractivity contribution in [3.8, 4) is 16.2 Å². The molecule has 0 bridgehead atoms. The van der Waals surface area contributed by atoms with Gasteiger partial charge in [0, 0.05) is 4.88 Å². The number of ether oxygens (including phenoxy) is 3. The smallest absolute Gasteiger partial charge is 0.342 e. The number of carbonyl (C=O) groups excluding carboxylic acids is 2. The van der Waals surface area contributed by atoms with Gasteiger partial charge in [-0.2, -0.15) is 0 Å². The molecule has 1 aliphatic carbocycles. The molecule has 3 atom stereocenters. The first-order valence-corrected chi connectivity index (χ1v) is 16.5. The van der Waals surface area contributed by atoms with Crippen LogP contribution in [0.3, 0.4) is 0 Å². The number of hydrogen-bond donors (Lipinski definition) is 0. The number of allylic oxidation sites excluding steroid dienone is 2. The van der Waals surface area contributed by atoms with Crippen molar-refractivity contribution in [2.75, 3.05) is 19.8 Å². The maximum atomic E-state index is 14.8. The number of carbonyl (C=O) groups is 2. The van der Waals surface area contributed by atoms with E-state index < -0.39 is 23.3 Å². The Labute approximate surface area is 264 Å². The Morgan fingerprint density at radius 3 is 2.49 bits per heavy atom. The van der Waals surface area contributed by atoms with E-state index >= 15 is 0 Å². The summed E-state index contributed by atoms with van der Waals surface area (Å²) >= 11 is 5.19. The van der Waals surface area contributed by atoms with Crippen LogP contribution in [0.5, 0.6) is 5.75 Å². The lowest BCUT2D eigenvalue weighted by atomic mass is 9.61. The van der Waals surface area contributed by atoms with Crippen LogP contribution in [0.1, 0.15) is 53.8 Å². The Kier molecular flexibility index (Phi) is 10.9. The Bertz CT molecular complexity index is 1570. The third kappa shape index (κ3) is 7.96. The van der Waals surface area contributed by atoms with Crippen molar-refractivity contribution in [3.05, 3.63) is 106 Å². The molecule has 2 aromatic carbocycles. The van der Waals surface area contributed by atoms with E-state index in [9.17, 15) is 14.0 Å². The average Bonchev–Trinajstić information content (AvgIpc) is 3.44. The summed E-state index contributed by atoms with van der Waals surface area (Å²) in [5, 5.41) is 0. The molecule has 9 heteroatoms. The zero-order valence-electron chi connectivity index (χ0n) is 24.4. The van der Waals surface area contributed by atoms with Gasteiger partial charge in [0.1, 0.15) is 40.8 Å². The molecule has 43 heavy (non-hydrogen) atoms. The first-order chi connectivity index (χ1) is 20.5. The second-order valence-corrected chi connectivity index (χ2v) is 13.9. The third-order valence-corrected chi connectivity index (χ3v) is 10.9. The van der Waals surface area contributed by atoms with E-state index in [1.807, 2.05) is 43.3 Å². The van der Waals surface area contributed by atoms with Crippen LogP contribution in [0, 0.1) is 26.9 Å². The van der Waals surface area contributed by atoms with Crippen LogP contribution >= 0.6 is 32.9 Å². The summed E-state index contributed by atoms with van der Waals surface area (Å²) in [5.74, 6) is -1.68. The van der Waals surface area contributed by atoms with Crippen LogP contribution < -0.4 is 4.74 Å². The highest BCUT2D eigenvalue weighted by atomic mass is 32.9. The van der Waals surface area contributed by atoms with Crippen molar-refractivity contribution in [2.24, 2.45) is 17.3 Å². The van der Waals surface area contributed by atoms with Gasteiger partial charge in [-0.15, -0.1) is 6.58 Å².